The molecular weight excluding hydrogens is 266 g/mol. The zero-order valence-corrected chi connectivity index (χ0v) is 12.7. The first-order chi connectivity index (χ1) is 10.8. The van der Waals surface area contributed by atoms with Gasteiger partial charge in [-0.05, 0) is 52.3 Å². The lowest BCUT2D eigenvalue weighted by molar-refractivity contribution is 0.557. The van der Waals surface area contributed by atoms with Crippen LogP contribution < -0.4 is 0 Å². The van der Waals surface area contributed by atoms with Gasteiger partial charge < -0.3 is 0 Å². The van der Waals surface area contributed by atoms with Crippen LogP contribution in [0.1, 0.15) is 29.5 Å². The summed E-state index contributed by atoms with van der Waals surface area (Å²) in [5.41, 5.74) is 6.95. The van der Waals surface area contributed by atoms with Crippen LogP contribution in [0.4, 0.5) is 0 Å². The number of fused-ring (bicyclic) bond motifs is 1. The van der Waals surface area contributed by atoms with Crippen LogP contribution >= 0.6 is 0 Å². The molecule has 1 nitrogen and oxygen atoms in total. The van der Waals surface area contributed by atoms with Gasteiger partial charge in [-0.15, -0.1) is 0 Å². The van der Waals surface area contributed by atoms with Gasteiger partial charge in [0.15, 0.2) is 0 Å². The van der Waals surface area contributed by atoms with Crippen LogP contribution in [0.15, 0.2) is 73.1 Å². The Hall–Kier alpha value is -2.41. The second-order valence-electron chi connectivity index (χ2n) is 6.22. The Balaban J connectivity index is 1.81. The van der Waals surface area contributed by atoms with Crippen molar-refractivity contribution < 1.29 is 0 Å². The number of hydrogen-bond acceptors (Lipinski definition) is 1. The summed E-state index contributed by atoms with van der Waals surface area (Å²) < 4.78 is 0. The minimum atomic E-state index is 0.512. The maximum Gasteiger partial charge on any atom is 0.0273 e. The smallest absolute Gasteiger partial charge is 0.0273 e. The minimum Gasteiger partial charge on any atom is -0.265 e. The number of aromatic nitrogens is 1. The predicted molar refractivity (Wildman–Crippen MR) is 90.8 cm³/mol. The Morgan fingerprint density at radius 3 is 2.41 bits per heavy atom. The molecule has 108 valence electrons. The molecule has 1 aliphatic rings. The first kappa shape index (κ1) is 13.3. The van der Waals surface area contributed by atoms with Crippen molar-refractivity contribution in [2.24, 2.45) is 5.92 Å². The van der Waals surface area contributed by atoms with E-state index in [0.717, 1.165) is 0 Å². The van der Waals surface area contributed by atoms with Crippen molar-refractivity contribution in [3.8, 4) is 11.1 Å². The molecule has 0 amide bonds. The van der Waals surface area contributed by atoms with Crippen molar-refractivity contribution in [2.75, 3.05) is 0 Å². The molecule has 0 saturated carbocycles. The molecule has 2 aromatic carbocycles. The summed E-state index contributed by atoms with van der Waals surface area (Å²) >= 11 is 0. The fourth-order valence-corrected chi connectivity index (χ4v) is 3.73. The van der Waals surface area contributed by atoms with E-state index in [-0.39, 0.29) is 0 Å². The van der Waals surface area contributed by atoms with Crippen molar-refractivity contribution in [1.82, 2.24) is 4.98 Å². The van der Waals surface area contributed by atoms with Crippen LogP contribution in [0.25, 0.3) is 11.1 Å². The lowest BCUT2D eigenvalue weighted by atomic mass is 9.86. The maximum absolute atomic E-state index is 4.12. The lowest BCUT2D eigenvalue weighted by Crippen LogP contribution is -2.05. The summed E-state index contributed by atoms with van der Waals surface area (Å²) in [7, 11) is 0. The van der Waals surface area contributed by atoms with Gasteiger partial charge in [-0.3, -0.25) is 4.98 Å². The van der Waals surface area contributed by atoms with E-state index in [9.17, 15) is 0 Å². The van der Waals surface area contributed by atoms with Gasteiger partial charge in [0.1, 0.15) is 0 Å². The summed E-state index contributed by atoms with van der Waals surface area (Å²) in [5.74, 6) is 1.17. The van der Waals surface area contributed by atoms with Crippen LogP contribution in [0.5, 0.6) is 0 Å². The van der Waals surface area contributed by atoms with Crippen molar-refractivity contribution >= 4 is 0 Å². The molecule has 3 aromatic rings. The fourth-order valence-electron chi connectivity index (χ4n) is 3.73. The van der Waals surface area contributed by atoms with E-state index < -0.39 is 0 Å². The maximum atomic E-state index is 4.12. The van der Waals surface area contributed by atoms with Gasteiger partial charge in [0, 0.05) is 18.3 Å². The number of benzene rings is 2. The van der Waals surface area contributed by atoms with Crippen LogP contribution in [-0.4, -0.2) is 4.98 Å². The second-order valence-corrected chi connectivity index (χ2v) is 6.22. The van der Waals surface area contributed by atoms with Gasteiger partial charge in [-0.25, -0.2) is 0 Å². The standard InChI is InChI=1S/C21H19N/c1-15-13-19-8-7-18(16-9-11-22-12-10-16)14-20(19)21(15)17-5-3-2-4-6-17/h2-12,14-15,21H,13H2,1H3/t15-,21-/m0/s1. The predicted octanol–water partition coefficient (Wildman–Crippen LogP) is 5.07. The van der Waals surface area contributed by atoms with E-state index in [2.05, 4.69) is 72.6 Å². The SMILES string of the molecule is C[C@H]1Cc2ccc(-c3ccncc3)cc2[C@@H]1c1ccccc1. The molecule has 0 aliphatic heterocycles. The summed E-state index contributed by atoms with van der Waals surface area (Å²) in [6, 6.07) is 22.0. The van der Waals surface area contributed by atoms with Gasteiger partial charge >= 0.3 is 0 Å². The zero-order valence-electron chi connectivity index (χ0n) is 12.7. The number of pyridine rings is 1. The van der Waals surface area contributed by atoms with E-state index >= 15 is 0 Å². The third kappa shape index (κ3) is 2.23. The molecule has 0 bridgehead atoms. The molecule has 4 rings (SSSR count). The van der Waals surface area contributed by atoms with E-state index in [1.165, 1.54) is 34.2 Å². The van der Waals surface area contributed by atoms with Gasteiger partial charge in [-0.1, -0.05) is 55.5 Å². The molecule has 0 saturated heterocycles. The molecule has 22 heavy (non-hydrogen) atoms. The third-order valence-electron chi connectivity index (χ3n) is 4.76. The third-order valence-corrected chi connectivity index (χ3v) is 4.76. The van der Waals surface area contributed by atoms with Crippen LogP contribution in [0.2, 0.25) is 0 Å². The largest absolute Gasteiger partial charge is 0.265 e. The highest BCUT2D eigenvalue weighted by Gasteiger charge is 2.30. The van der Waals surface area contributed by atoms with E-state index in [4.69, 9.17) is 0 Å². The Kier molecular flexibility index (Phi) is 3.27. The lowest BCUT2D eigenvalue weighted by Gasteiger charge is -2.18. The average Bonchev–Trinajstić information content (AvgIpc) is 2.91. The Labute approximate surface area is 131 Å². The van der Waals surface area contributed by atoms with Gasteiger partial charge in [0.2, 0.25) is 0 Å². The molecule has 1 heterocycles. The fraction of sp³-hybridized carbons (Fsp3) is 0.190. The van der Waals surface area contributed by atoms with Gasteiger partial charge in [0.05, 0.1) is 0 Å². The Bertz CT molecular complexity index is 778. The Morgan fingerprint density at radius 2 is 1.64 bits per heavy atom. The number of nitrogens with zero attached hydrogens (tertiary/aromatic N) is 1. The zero-order chi connectivity index (χ0) is 14.9. The van der Waals surface area contributed by atoms with E-state index in [1.54, 1.807) is 0 Å². The van der Waals surface area contributed by atoms with E-state index in [0.29, 0.717) is 11.8 Å². The first-order valence-electron chi connectivity index (χ1n) is 7.91. The molecule has 0 unspecified atom stereocenters. The van der Waals surface area contributed by atoms with Crippen molar-refractivity contribution in [3.63, 3.8) is 0 Å². The summed E-state index contributed by atoms with van der Waals surface area (Å²) in [5, 5.41) is 0. The normalized spacial score (nSPS) is 19.9. The van der Waals surface area contributed by atoms with Gasteiger partial charge in [-0.2, -0.15) is 0 Å². The molecule has 1 aromatic heterocycles. The monoisotopic (exact) mass is 285 g/mol. The van der Waals surface area contributed by atoms with Crippen molar-refractivity contribution in [2.45, 2.75) is 19.3 Å². The topological polar surface area (TPSA) is 12.9 Å². The quantitative estimate of drug-likeness (QED) is 0.640. The van der Waals surface area contributed by atoms with Crippen LogP contribution in [0.3, 0.4) is 0 Å². The molecule has 1 heteroatoms. The Morgan fingerprint density at radius 1 is 0.864 bits per heavy atom. The molecule has 0 N–H and O–H groups in total. The number of rotatable bonds is 2. The number of hydrogen-bond donors (Lipinski definition) is 0. The van der Waals surface area contributed by atoms with Crippen molar-refractivity contribution in [3.05, 3.63) is 89.7 Å². The van der Waals surface area contributed by atoms with Crippen LogP contribution in [-0.2, 0) is 6.42 Å². The molecule has 0 fully saturated rings. The van der Waals surface area contributed by atoms with Crippen molar-refractivity contribution in [1.29, 1.82) is 0 Å². The molecule has 0 spiro atoms. The molecule has 0 radical (unpaired) electrons. The highest BCUT2D eigenvalue weighted by Crippen LogP contribution is 2.43. The first-order valence-corrected chi connectivity index (χ1v) is 7.91. The summed E-state index contributed by atoms with van der Waals surface area (Å²) in [6.07, 6.45) is 4.89. The molecule has 1 aliphatic carbocycles. The summed E-state index contributed by atoms with van der Waals surface area (Å²) in [4.78, 5) is 4.12. The van der Waals surface area contributed by atoms with E-state index in [1.807, 2.05) is 12.4 Å². The van der Waals surface area contributed by atoms with Crippen LogP contribution in [0, 0.1) is 5.92 Å². The second kappa shape index (κ2) is 5.42. The average molecular weight is 285 g/mol. The highest BCUT2D eigenvalue weighted by atomic mass is 14.6. The van der Waals surface area contributed by atoms with Gasteiger partial charge in [0.25, 0.3) is 0 Å². The minimum absolute atomic E-state index is 0.512. The molecular formula is C21H19N. The molecule has 2 atom stereocenters. The summed E-state index contributed by atoms with van der Waals surface area (Å²) in [6.45, 7) is 2.36. The highest BCUT2D eigenvalue weighted by molar-refractivity contribution is 5.65.